The molecule has 27 heavy (non-hydrogen) atoms. The highest BCUT2D eigenvalue weighted by atomic mass is 19.2. The molecule has 0 saturated heterocycles. The minimum Gasteiger partial charge on any atom is -0.493 e. The molecule has 0 aromatic heterocycles. The summed E-state index contributed by atoms with van der Waals surface area (Å²) in [6.07, 6.45) is 0. The van der Waals surface area contributed by atoms with Crippen LogP contribution in [0.4, 0.5) is 18.9 Å². The lowest BCUT2D eigenvalue weighted by molar-refractivity contribution is 0.0828. The summed E-state index contributed by atoms with van der Waals surface area (Å²) in [7, 11) is 5.76. The Bertz CT molecular complexity index is 877. The Kier molecular flexibility index (Phi) is 5.94. The van der Waals surface area contributed by atoms with Gasteiger partial charge in [0.15, 0.2) is 29.0 Å². The summed E-state index contributed by atoms with van der Waals surface area (Å²) in [5, 5.41) is 2.38. The number of amides is 2. The van der Waals surface area contributed by atoms with Crippen LogP contribution in [-0.2, 0) is 0 Å². The van der Waals surface area contributed by atoms with Gasteiger partial charge in [-0.05, 0) is 18.2 Å². The largest absolute Gasteiger partial charge is 0.493 e. The van der Waals surface area contributed by atoms with Crippen LogP contribution in [0.3, 0.4) is 0 Å². The van der Waals surface area contributed by atoms with Crippen molar-refractivity contribution >= 4 is 17.5 Å². The van der Waals surface area contributed by atoms with Crippen molar-refractivity contribution in [2.45, 2.75) is 0 Å². The average Bonchev–Trinajstić information content (AvgIpc) is 2.64. The van der Waals surface area contributed by atoms with Crippen molar-refractivity contribution in [1.29, 1.82) is 0 Å². The Hall–Kier alpha value is -3.23. The van der Waals surface area contributed by atoms with E-state index in [1.807, 2.05) is 0 Å². The summed E-state index contributed by atoms with van der Waals surface area (Å²) in [5.74, 6) is -5.61. The number of nitrogens with zero attached hydrogens (tertiary/aromatic N) is 1. The molecule has 144 valence electrons. The van der Waals surface area contributed by atoms with Gasteiger partial charge in [-0.15, -0.1) is 0 Å². The number of ether oxygens (including phenoxy) is 2. The van der Waals surface area contributed by atoms with Crippen LogP contribution in [0.15, 0.2) is 24.3 Å². The zero-order chi connectivity index (χ0) is 20.3. The predicted molar refractivity (Wildman–Crippen MR) is 91.8 cm³/mol. The number of rotatable bonds is 5. The van der Waals surface area contributed by atoms with Gasteiger partial charge in [0.05, 0.1) is 25.5 Å². The number of hydrogen-bond acceptors (Lipinski definition) is 4. The Morgan fingerprint density at radius 2 is 1.44 bits per heavy atom. The maximum absolute atomic E-state index is 13.4. The molecule has 2 rings (SSSR count). The third kappa shape index (κ3) is 4.13. The molecule has 0 unspecified atom stereocenters. The number of benzene rings is 2. The average molecular weight is 382 g/mol. The van der Waals surface area contributed by atoms with Crippen LogP contribution in [0, 0.1) is 17.5 Å². The van der Waals surface area contributed by atoms with Gasteiger partial charge in [-0.2, -0.15) is 0 Å². The van der Waals surface area contributed by atoms with E-state index in [2.05, 4.69) is 5.32 Å². The van der Waals surface area contributed by atoms with Gasteiger partial charge < -0.3 is 19.7 Å². The molecule has 2 aromatic carbocycles. The molecule has 0 saturated carbocycles. The molecule has 0 atom stereocenters. The second-order valence-corrected chi connectivity index (χ2v) is 5.66. The molecule has 0 spiro atoms. The topological polar surface area (TPSA) is 67.9 Å². The van der Waals surface area contributed by atoms with Crippen LogP contribution >= 0.6 is 0 Å². The number of carbonyl (C=O) groups is 2. The second kappa shape index (κ2) is 7.98. The molecule has 2 amide bonds. The van der Waals surface area contributed by atoms with Gasteiger partial charge in [-0.25, -0.2) is 13.2 Å². The van der Waals surface area contributed by atoms with Crippen molar-refractivity contribution in [2.24, 2.45) is 0 Å². The normalized spacial score (nSPS) is 10.3. The van der Waals surface area contributed by atoms with Gasteiger partial charge in [0.1, 0.15) is 0 Å². The van der Waals surface area contributed by atoms with E-state index in [-0.39, 0.29) is 22.7 Å². The van der Waals surface area contributed by atoms with Crippen LogP contribution in [0.5, 0.6) is 11.5 Å². The van der Waals surface area contributed by atoms with Crippen LogP contribution in [0.1, 0.15) is 20.7 Å². The molecule has 0 aliphatic rings. The van der Waals surface area contributed by atoms with Gasteiger partial charge in [0, 0.05) is 25.7 Å². The highest BCUT2D eigenvalue weighted by Crippen LogP contribution is 2.34. The van der Waals surface area contributed by atoms with E-state index >= 15 is 0 Å². The van der Waals surface area contributed by atoms with Gasteiger partial charge >= 0.3 is 0 Å². The summed E-state index contributed by atoms with van der Waals surface area (Å²) in [4.78, 5) is 26.0. The molecule has 6 nitrogen and oxygen atoms in total. The van der Waals surface area contributed by atoms with E-state index < -0.39 is 34.8 Å². The fourth-order valence-corrected chi connectivity index (χ4v) is 2.28. The van der Waals surface area contributed by atoms with Crippen LogP contribution in [0.2, 0.25) is 0 Å². The zero-order valence-corrected chi connectivity index (χ0v) is 15.0. The van der Waals surface area contributed by atoms with Crippen LogP contribution < -0.4 is 14.8 Å². The second-order valence-electron chi connectivity index (χ2n) is 5.66. The summed E-state index contributed by atoms with van der Waals surface area (Å²) in [6, 6.07) is 3.82. The van der Waals surface area contributed by atoms with Gasteiger partial charge in [0.2, 0.25) is 0 Å². The fourth-order valence-electron chi connectivity index (χ4n) is 2.28. The Morgan fingerprint density at radius 1 is 0.926 bits per heavy atom. The van der Waals surface area contributed by atoms with E-state index in [0.717, 1.165) is 0 Å². The summed E-state index contributed by atoms with van der Waals surface area (Å²) < 4.78 is 50.1. The lowest BCUT2D eigenvalue weighted by Gasteiger charge is -2.18. The Morgan fingerprint density at radius 3 is 1.93 bits per heavy atom. The minimum atomic E-state index is -1.68. The lowest BCUT2D eigenvalue weighted by atomic mass is 10.1. The highest BCUT2D eigenvalue weighted by molar-refractivity contribution is 6.09. The first-order valence-electron chi connectivity index (χ1n) is 7.63. The van der Waals surface area contributed by atoms with Crippen molar-refractivity contribution < 1.29 is 32.2 Å². The quantitative estimate of drug-likeness (QED) is 0.807. The number of halogens is 3. The molecule has 0 aliphatic heterocycles. The molecule has 2 aromatic rings. The molecule has 9 heteroatoms. The van der Waals surface area contributed by atoms with Gasteiger partial charge in [-0.3, -0.25) is 9.59 Å². The summed E-state index contributed by atoms with van der Waals surface area (Å²) >= 11 is 0. The fraction of sp³-hybridized carbons (Fsp3) is 0.222. The van der Waals surface area contributed by atoms with E-state index in [1.165, 1.54) is 45.3 Å². The number of methoxy groups -OCH3 is 2. The Balaban J connectivity index is 2.50. The monoisotopic (exact) mass is 382 g/mol. The standard InChI is InChI=1S/C18H17F3N2O4/c1-23(2)18(25)10-7-14(26-3)15(27-4)8-13(10)22-17(24)9-5-11(19)16(21)12(20)6-9/h5-8H,1-4H3,(H,22,24). The van der Waals surface area contributed by atoms with E-state index in [1.54, 1.807) is 0 Å². The molecule has 1 N–H and O–H groups in total. The number of hydrogen-bond donors (Lipinski definition) is 1. The lowest BCUT2D eigenvalue weighted by Crippen LogP contribution is -2.24. The van der Waals surface area contributed by atoms with Gasteiger partial charge in [0.25, 0.3) is 11.8 Å². The maximum atomic E-state index is 13.4. The van der Waals surface area contributed by atoms with Crippen molar-refractivity contribution in [2.75, 3.05) is 33.6 Å². The molecular formula is C18H17F3N2O4. The predicted octanol–water partition coefficient (Wildman–Crippen LogP) is 3.08. The summed E-state index contributed by atoms with van der Waals surface area (Å²) in [6.45, 7) is 0. The third-order valence-corrected chi connectivity index (χ3v) is 3.65. The van der Waals surface area contributed by atoms with Crippen LogP contribution in [0.25, 0.3) is 0 Å². The summed E-state index contributed by atoms with van der Waals surface area (Å²) in [5.41, 5.74) is -0.361. The van der Waals surface area contributed by atoms with Crippen molar-refractivity contribution in [3.63, 3.8) is 0 Å². The first-order chi connectivity index (χ1) is 12.7. The molecule has 0 bridgehead atoms. The molecule has 0 fully saturated rings. The SMILES string of the molecule is COc1cc(NC(=O)c2cc(F)c(F)c(F)c2)c(C(=O)N(C)C)cc1OC. The van der Waals surface area contributed by atoms with Crippen LogP contribution in [-0.4, -0.2) is 45.0 Å². The van der Waals surface area contributed by atoms with Crippen molar-refractivity contribution in [3.05, 3.63) is 52.8 Å². The first kappa shape index (κ1) is 20.1. The molecule has 0 radical (unpaired) electrons. The van der Waals surface area contributed by atoms with Gasteiger partial charge in [-0.1, -0.05) is 0 Å². The molecular weight excluding hydrogens is 365 g/mol. The first-order valence-corrected chi connectivity index (χ1v) is 7.63. The Labute approximate surface area is 153 Å². The number of nitrogens with one attached hydrogen (secondary N) is 1. The highest BCUT2D eigenvalue weighted by Gasteiger charge is 2.21. The maximum Gasteiger partial charge on any atom is 0.255 e. The molecule has 0 heterocycles. The smallest absolute Gasteiger partial charge is 0.255 e. The van der Waals surface area contributed by atoms with E-state index in [0.29, 0.717) is 12.1 Å². The van der Waals surface area contributed by atoms with Crippen molar-refractivity contribution in [1.82, 2.24) is 4.90 Å². The molecule has 0 aliphatic carbocycles. The van der Waals surface area contributed by atoms with E-state index in [4.69, 9.17) is 9.47 Å². The van der Waals surface area contributed by atoms with Crippen molar-refractivity contribution in [3.8, 4) is 11.5 Å². The number of carbonyl (C=O) groups excluding carboxylic acids is 2. The zero-order valence-electron chi connectivity index (χ0n) is 15.0. The van der Waals surface area contributed by atoms with E-state index in [9.17, 15) is 22.8 Å². The number of anilines is 1. The third-order valence-electron chi connectivity index (χ3n) is 3.65. The minimum absolute atomic E-state index is 0.0292.